The van der Waals surface area contributed by atoms with Gasteiger partial charge in [0.1, 0.15) is 10.8 Å². The molecule has 0 saturated heterocycles. The molecule has 0 atom stereocenters. The maximum atomic E-state index is 13.0. The Bertz CT molecular complexity index is 890. The van der Waals surface area contributed by atoms with Crippen LogP contribution in [0.3, 0.4) is 0 Å². The van der Waals surface area contributed by atoms with Crippen molar-refractivity contribution >= 4 is 34.8 Å². The van der Waals surface area contributed by atoms with Crippen LogP contribution in [0.15, 0.2) is 24.4 Å². The minimum Gasteiger partial charge on any atom is -0.490 e. The highest BCUT2D eigenvalue weighted by Crippen LogP contribution is 2.39. The largest absolute Gasteiger partial charge is 0.490 e. The van der Waals surface area contributed by atoms with Gasteiger partial charge in [0.15, 0.2) is 5.75 Å². The molecule has 1 aromatic carbocycles. The Labute approximate surface area is 185 Å². The molecule has 0 amide bonds. The Morgan fingerprint density at radius 2 is 1.45 bits per heavy atom. The summed E-state index contributed by atoms with van der Waals surface area (Å²) in [4.78, 5) is 3.49. The molecule has 0 radical (unpaired) electrons. The fourth-order valence-corrected chi connectivity index (χ4v) is 2.82. The van der Waals surface area contributed by atoms with Gasteiger partial charge in [-0.3, -0.25) is 0 Å². The van der Waals surface area contributed by atoms with Gasteiger partial charge in [0.05, 0.1) is 28.8 Å². The van der Waals surface area contributed by atoms with Gasteiger partial charge < -0.3 is 14.2 Å². The normalized spacial score (nSPS) is 12.2. The van der Waals surface area contributed by atoms with Crippen molar-refractivity contribution < 1.29 is 44.9 Å². The molecule has 1 heterocycles. The molecule has 2 aromatic rings. The minimum atomic E-state index is -4.74. The lowest BCUT2D eigenvalue weighted by Gasteiger charge is -2.18. The summed E-state index contributed by atoms with van der Waals surface area (Å²) < 4.78 is 102. The molecule has 0 bridgehead atoms. The molecule has 0 unspecified atom stereocenters. The van der Waals surface area contributed by atoms with E-state index in [1.54, 1.807) is 0 Å². The first-order valence-electron chi connectivity index (χ1n) is 8.13. The molecule has 0 spiro atoms. The molecule has 31 heavy (non-hydrogen) atoms. The number of nitrogens with zero attached hydrogens (tertiary/aromatic N) is 1. The number of ether oxygens (including phenoxy) is 3. The number of rotatable bonds is 9. The number of benzene rings is 1. The Morgan fingerprint density at radius 1 is 0.871 bits per heavy atom. The Balaban J connectivity index is 1.89. The third-order valence-corrected chi connectivity index (χ3v) is 4.22. The molecular formula is C17H11Cl3F7NO3. The molecule has 14 heteroatoms. The van der Waals surface area contributed by atoms with Crippen molar-refractivity contribution in [2.24, 2.45) is 0 Å². The molecule has 0 aliphatic rings. The van der Waals surface area contributed by atoms with E-state index in [9.17, 15) is 30.7 Å². The van der Waals surface area contributed by atoms with E-state index in [-0.39, 0.29) is 46.3 Å². The van der Waals surface area contributed by atoms with Gasteiger partial charge in [0.25, 0.3) is 0 Å². The number of halogens is 10. The SMILES string of the molecule is FC(F)C(F)(F)Oc1cc(Cl)c(OCCCOc2ncc(C(F)(F)F)cc2Cl)c(Cl)c1. The van der Waals surface area contributed by atoms with Crippen molar-refractivity contribution in [1.29, 1.82) is 0 Å². The minimum absolute atomic E-state index is 0.0604. The first-order valence-corrected chi connectivity index (χ1v) is 9.27. The third-order valence-electron chi connectivity index (χ3n) is 3.39. The van der Waals surface area contributed by atoms with Crippen LogP contribution in [-0.2, 0) is 6.18 Å². The molecule has 0 aliphatic heterocycles. The molecule has 172 valence electrons. The van der Waals surface area contributed by atoms with Crippen LogP contribution in [0, 0.1) is 0 Å². The standard InChI is InChI=1S/C17H11Cl3F7NO3/c18-10-5-9(31-17(26,27)15(21)22)6-11(19)13(10)29-2-1-3-30-14-12(20)4-8(7-28-14)16(23,24)25/h4-7,15H,1-3H2. The first kappa shape index (κ1) is 25.4. The van der Waals surface area contributed by atoms with Crippen LogP contribution in [0.4, 0.5) is 30.7 Å². The monoisotopic (exact) mass is 515 g/mol. The van der Waals surface area contributed by atoms with Gasteiger partial charge in [0.2, 0.25) is 5.88 Å². The van der Waals surface area contributed by atoms with Crippen LogP contribution in [0.5, 0.6) is 17.4 Å². The smallest absolute Gasteiger partial charge is 0.461 e. The number of pyridine rings is 1. The van der Waals surface area contributed by atoms with E-state index in [4.69, 9.17) is 44.3 Å². The number of aromatic nitrogens is 1. The van der Waals surface area contributed by atoms with Gasteiger partial charge in [-0.25, -0.2) is 4.98 Å². The number of hydrogen-bond donors (Lipinski definition) is 0. The average Bonchev–Trinajstić information content (AvgIpc) is 2.63. The maximum Gasteiger partial charge on any atom is 0.461 e. The number of hydrogen-bond acceptors (Lipinski definition) is 4. The molecular weight excluding hydrogens is 506 g/mol. The second-order valence-electron chi connectivity index (χ2n) is 5.74. The summed E-state index contributed by atoms with van der Waals surface area (Å²) >= 11 is 17.4. The van der Waals surface area contributed by atoms with Gasteiger partial charge in [-0.05, 0) is 6.07 Å². The molecule has 1 aromatic heterocycles. The Morgan fingerprint density at radius 3 is 1.97 bits per heavy atom. The quantitative estimate of drug-likeness (QED) is 0.262. The average molecular weight is 517 g/mol. The third kappa shape index (κ3) is 7.08. The van der Waals surface area contributed by atoms with Crippen LogP contribution < -0.4 is 14.2 Å². The molecule has 0 saturated carbocycles. The van der Waals surface area contributed by atoms with Gasteiger partial charge in [-0.1, -0.05) is 34.8 Å². The molecule has 0 fully saturated rings. The van der Waals surface area contributed by atoms with Gasteiger partial charge >= 0.3 is 18.7 Å². The summed E-state index contributed by atoms with van der Waals surface area (Å²) in [5.74, 6) is -1.03. The lowest BCUT2D eigenvalue weighted by atomic mass is 10.3. The molecule has 0 N–H and O–H groups in total. The van der Waals surface area contributed by atoms with Crippen LogP contribution in [-0.4, -0.2) is 30.7 Å². The summed E-state index contributed by atoms with van der Waals surface area (Å²) in [6.07, 6.45) is -12.7. The lowest BCUT2D eigenvalue weighted by molar-refractivity contribution is -0.253. The summed E-state index contributed by atoms with van der Waals surface area (Å²) in [7, 11) is 0. The van der Waals surface area contributed by atoms with E-state index in [0.29, 0.717) is 12.3 Å². The molecule has 2 rings (SSSR count). The summed E-state index contributed by atoms with van der Waals surface area (Å²) in [5.41, 5.74) is -1.03. The maximum absolute atomic E-state index is 13.0. The molecule has 4 nitrogen and oxygen atoms in total. The van der Waals surface area contributed by atoms with E-state index in [0.717, 1.165) is 12.1 Å². The van der Waals surface area contributed by atoms with Crippen LogP contribution in [0.25, 0.3) is 0 Å². The van der Waals surface area contributed by atoms with Crippen LogP contribution >= 0.6 is 34.8 Å². The summed E-state index contributed by atoms with van der Waals surface area (Å²) in [5, 5.41) is -0.889. The van der Waals surface area contributed by atoms with Gasteiger partial charge in [0, 0.05) is 24.8 Å². The van der Waals surface area contributed by atoms with Gasteiger partial charge in [-0.2, -0.15) is 30.7 Å². The fraction of sp³-hybridized carbons (Fsp3) is 0.353. The second kappa shape index (κ2) is 10.2. The fourth-order valence-electron chi connectivity index (χ4n) is 2.02. The zero-order valence-corrected chi connectivity index (χ0v) is 17.2. The topological polar surface area (TPSA) is 40.6 Å². The van der Waals surface area contributed by atoms with E-state index in [1.165, 1.54) is 0 Å². The summed E-state index contributed by atoms with van der Waals surface area (Å²) in [6, 6.07) is 2.31. The zero-order valence-electron chi connectivity index (χ0n) is 15.0. The molecule has 0 aliphatic carbocycles. The Hall–Kier alpha value is -1.85. The van der Waals surface area contributed by atoms with E-state index >= 15 is 0 Å². The number of alkyl halides is 7. The summed E-state index contributed by atoms with van der Waals surface area (Å²) in [6.45, 7) is -0.125. The first-order chi connectivity index (χ1) is 14.3. The van der Waals surface area contributed by atoms with Crippen molar-refractivity contribution in [3.63, 3.8) is 0 Å². The van der Waals surface area contributed by atoms with Gasteiger partial charge in [-0.15, -0.1) is 0 Å². The highest BCUT2D eigenvalue weighted by atomic mass is 35.5. The predicted octanol–water partition coefficient (Wildman–Crippen LogP) is 7.15. The zero-order chi connectivity index (χ0) is 23.4. The highest BCUT2D eigenvalue weighted by molar-refractivity contribution is 6.37. The van der Waals surface area contributed by atoms with E-state index < -0.39 is 30.0 Å². The highest BCUT2D eigenvalue weighted by Gasteiger charge is 2.44. The van der Waals surface area contributed by atoms with Crippen molar-refractivity contribution in [1.82, 2.24) is 4.98 Å². The van der Waals surface area contributed by atoms with Crippen LogP contribution in [0.1, 0.15) is 12.0 Å². The van der Waals surface area contributed by atoms with E-state index in [1.807, 2.05) is 0 Å². The Kier molecular flexibility index (Phi) is 8.34. The van der Waals surface area contributed by atoms with E-state index in [2.05, 4.69) is 9.72 Å². The van der Waals surface area contributed by atoms with Crippen LogP contribution in [0.2, 0.25) is 15.1 Å². The predicted molar refractivity (Wildman–Crippen MR) is 97.9 cm³/mol. The van der Waals surface area contributed by atoms with Crippen molar-refractivity contribution in [3.05, 3.63) is 45.0 Å². The van der Waals surface area contributed by atoms with Crippen molar-refractivity contribution in [2.45, 2.75) is 25.1 Å². The van der Waals surface area contributed by atoms with Crippen molar-refractivity contribution in [3.8, 4) is 17.4 Å². The van der Waals surface area contributed by atoms with Crippen molar-refractivity contribution in [2.75, 3.05) is 13.2 Å². The lowest BCUT2D eigenvalue weighted by Crippen LogP contribution is -2.33. The second-order valence-corrected chi connectivity index (χ2v) is 6.96.